The van der Waals surface area contributed by atoms with Crippen LogP contribution >= 0.6 is 0 Å². The van der Waals surface area contributed by atoms with Crippen LogP contribution in [-0.4, -0.2) is 10.7 Å². The highest BCUT2D eigenvalue weighted by Gasteiger charge is 2.48. The fraction of sp³-hybridized carbons (Fsp3) is 0.833. The average Bonchev–Trinajstić information content (AvgIpc) is 2.39. The summed E-state index contributed by atoms with van der Waals surface area (Å²) in [5.41, 5.74) is -0.415. The van der Waals surface area contributed by atoms with Crippen LogP contribution in [0.15, 0.2) is 0 Å². The van der Waals surface area contributed by atoms with Gasteiger partial charge in [0.15, 0.2) is 0 Å². The van der Waals surface area contributed by atoms with Crippen LogP contribution in [0.4, 0.5) is 0 Å². The maximum Gasteiger partial charge on any atom is 0.0821 e. The van der Waals surface area contributed by atoms with Crippen molar-refractivity contribution in [3.63, 3.8) is 0 Å². The molecule has 3 atom stereocenters. The van der Waals surface area contributed by atoms with Gasteiger partial charge in [0.1, 0.15) is 0 Å². The summed E-state index contributed by atoms with van der Waals surface area (Å²) in [4.78, 5) is 0. The lowest BCUT2D eigenvalue weighted by Crippen LogP contribution is -2.40. The molecule has 0 radical (unpaired) electrons. The normalized spacial score (nSPS) is 41.4. The predicted octanol–water partition coefficient (Wildman–Crippen LogP) is 2.34. The molecule has 2 aliphatic rings. The van der Waals surface area contributed by atoms with Gasteiger partial charge in [-0.05, 0) is 25.2 Å². The number of fused-ring (bicyclic) bond motifs is 2. The minimum atomic E-state index is -0.415. The molecule has 1 N–H and O–H groups in total. The molecule has 0 saturated heterocycles. The van der Waals surface area contributed by atoms with Gasteiger partial charge < -0.3 is 5.11 Å². The Bertz CT molecular complexity index is 248. The van der Waals surface area contributed by atoms with E-state index in [2.05, 4.69) is 18.8 Å². The van der Waals surface area contributed by atoms with E-state index >= 15 is 0 Å². The third-order valence-corrected chi connectivity index (χ3v) is 3.67. The number of hydrogen-bond acceptors (Lipinski definition) is 1. The molecule has 1 nitrogen and oxygen atoms in total. The first-order valence-corrected chi connectivity index (χ1v) is 5.48. The summed E-state index contributed by atoms with van der Waals surface area (Å²) in [6.45, 7) is 2.18. The second-order valence-corrected chi connectivity index (χ2v) is 4.45. The summed E-state index contributed by atoms with van der Waals surface area (Å²) in [7, 11) is 0. The molecule has 0 spiro atoms. The minimum Gasteiger partial charge on any atom is -0.388 e. The molecule has 0 aliphatic heterocycles. The van der Waals surface area contributed by atoms with Crippen LogP contribution in [-0.2, 0) is 0 Å². The van der Waals surface area contributed by atoms with Gasteiger partial charge in [0.25, 0.3) is 0 Å². The van der Waals surface area contributed by atoms with E-state index in [-0.39, 0.29) is 5.92 Å². The van der Waals surface area contributed by atoms with Gasteiger partial charge >= 0.3 is 0 Å². The summed E-state index contributed by atoms with van der Waals surface area (Å²) in [6.07, 6.45) is 6.51. The number of unbranched alkanes of at least 4 members (excludes halogenated alkanes) is 1. The van der Waals surface area contributed by atoms with E-state index in [1.165, 1.54) is 12.8 Å². The highest BCUT2D eigenvalue weighted by Crippen LogP contribution is 2.46. The van der Waals surface area contributed by atoms with Crippen molar-refractivity contribution >= 4 is 0 Å². The van der Waals surface area contributed by atoms with Gasteiger partial charge in [-0.25, -0.2) is 0 Å². The molecule has 3 unspecified atom stereocenters. The van der Waals surface area contributed by atoms with Gasteiger partial charge in [0, 0.05) is 12.3 Å². The lowest BCUT2D eigenvalue weighted by molar-refractivity contribution is -0.0303. The summed E-state index contributed by atoms with van der Waals surface area (Å²) in [5, 5.41) is 10.5. The Morgan fingerprint density at radius 1 is 1.46 bits per heavy atom. The van der Waals surface area contributed by atoms with Crippen LogP contribution in [0.3, 0.4) is 0 Å². The van der Waals surface area contributed by atoms with Crippen LogP contribution in [0.25, 0.3) is 0 Å². The molecule has 0 aromatic carbocycles. The van der Waals surface area contributed by atoms with Gasteiger partial charge in [-0.1, -0.05) is 25.7 Å². The summed E-state index contributed by atoms with van der Waals surface area (Å²) in [6, 6.07) is 0. The second kappa shape index (κ2) is 3.35. The van der Waals surface area contributed by atoms with E-state index in [9.17, 15) is 5.11 Å². The minimum absolute atomic E-state index is 0.290. The first-order chi connectivity index (χ1) is 6.27. The van der Waals surface area contributed by atoms with Gasteiger partial charge in [-0.3, -0.25) is 0 Å². The highest BCUT2D eigenvalue weighted by atomic mass is 16.3. The van der Waals surface area contributed by atoms with Crippen LogP contribution < -0.4 is 0 Å². The third kappa shape index (κ3) is 1.38. The quantitative estimate of drug-likeness (QED) is 0.658. The largest absolute Gasteiger partial charge is 0.388 e. The van der Waals surface area contributed by atoms with Crippen molar-refractivity contribution in [2.75, 3.05) is 0 Å². The Labute approximate surface area is 80.5 Å². The van der Waals surface area contributed by atoms with E-state index in [0.29, 0.717) is 5.92 Å². The Kier molecular flexibility index (Phi) is 2.34. The zero-order chi connectivity index (χ0) is 9.31. The van der Waals surface area contributed by atoms with E-state index in [4.69, 9.17) is 0 Å². The molecule has 1 fully saturated rings. The summed E-state index contributed by atoms with van der Waals surface area (Å²) < 4.78 is 0. The molecular weight excluding hydrogens is 160 g/mol. The van der Waals surface area contributed by atoms with Crippen molar-refractivity contribution < 1.29 is 5.11 Å². The third-order valence-electron chi connectivity index (χ3n) is 3.67. The molecule has 0 aromatic rings. The van der Waals surface area contributed by atoms with Crippen molar-refractivity contribution in [3.8, 4) is 11.8 Å². The smallest absolute Gasteiger partial charge is 0.0821 e. The summed E-state index contributed by atoms with van der Waals surface area (Å²) >= 11 is 0. The molecule has 2 rings (SSSR count). The maximum atomic E-state index is 10.5. The second-order valence-electron chi connectivity index (χ2n) is 4.45. The van der Waals surface area contributed by atoms with Gasteiger partial charge in [-0.2, -0.15) is 0 Å². The van der Waals surface area contributed by atoms with E-state index in [1.807, 2.05) is 0 Å². The van der Waals surface area contributed by atoms with Crippen molar-refractivity contribution in [3.05, 3.63) is 0 Å². The van der Waals surface area contributed by atoms with E-state index in [0.717, 1.165) is 25.7 Å². The SMILES string of the molecule is CCCCC1(O)C2C#CCC1CC2. The van der Waals surface area contributed by atoms with Crippen molar-refractivity contribution in [2.24, 2.45) is 11.8 Å². The van der Waals surface area contributed by atoms with Crippen LogP contribution in [0.2, 0.25) is 0 Å². The molecule has 0 heterocycles. The molecule has 0 amide bonds. The van der Waals surface area contributed by atoms with Crippen LogP contribution in [0.5, 0.6) is 0 Å². The Hall–Kier alpha value is -0.480. The lowest BCUT2D eigenvalue weighted by Gasteiger charge is -2.34. The Morgan fingerprint density at radius 2 is 2.31 bits per heavy atom. The zero-order valence-corrected chi connectivity index (χ0v) is 8.34. The standard InChI is InChI=1S/C12H18O/c1-2-3-9-12(13)10-5-4-6-11(12)8-7-10/h10-11,13H,2-3,5,7-9H2,1H3. The molecule has 1 saturated carbocycles. The van der Waals surface area contributed by atoms with Crippen LogP contribution in [0.1, 0.15) is 45.4 Å². The number of aliphatic hydroxyl groups is 1. The van der Waals surface area contributed by atoms with E-state index in [1.54, 1.807) is 0 Å². The first kappa shape index (κ1) is 9.09. The molecule has 1 heteroatoms. The molecule has 2 bridgehead atoms. The molecular formula is C12H18O. The average molecular weight is 178 g/mol. The number of hydrogen-bond donors (Lipinski definition) is 1. The molecule has 72 valence electrons. The Morgan fingerprint density at radius 3 is 3.00 bits per heavy atom. The first-order valence-electron chi connectivity index (χ1n) is 5.48. The summed E-state index contributed by atoms with van der Waals surface area (Å²) in [5.74, 6) is 7.15. The van der Waals surface area contributed by atoms with E-state index < -0.39 is 5.60 Å². The molecule has 13 heavy (non-hydrogen) atoms. The molecule has 2 aliphatic carbocycles. The zero-order valence-electron chi connectivity index (χ0n) is 8.34. The number of rotatable bonds is 3. The maximum absolute atomic E-state index is 10.5. The van der Waals surface area contributed by atoms with Gasteiger partial charge in [0.2, 0.25) is 0 Å². The monoisotopic (exact) mass is 178 g/mol. The Balaban J connectivity index is 2.10. The van der Waals surface area contributed by atoms with Crippen molar-refractivity contribution in [1.29, 1.82) is 0 Å². The van der Waals surface area contributed by atoms with Crippen molar-refractivity contribution in [2.45, 2.75) is 51.0 Å². The lowest BCUT2D eigenvalue weighted by atomic mass is 9.76. The predicted molar refractivity (Wildman–Crippen MR) is 53.1 cm³/mol. The van der Waals surface area contributed by atoms with Gasteiger partial charge in [-0.15, -0.1) is 5.92 Å². The fourth-order valence-electron chi connectivity index (χ4n) is 2.77. The van der Waals surface area contributed by atoms with Gasteiger partial charge in [0.05, 0.1) is 5.60 Å². The van der Waals surface area contributed by atoms with Crippen molar-refractivity contribution in [1.82, 2.24) is 0 Å². The topological polar surface area (TPSA) is 20.2 Å². The fourth-order valence-corrected chi connectivity index (χ4v) is 2.77. The highest BCUT2D eigenvalue weighted by molar-refractivity contribution is 5.21. The van der Waals surface area contributed by atoms with Crippen LogP contribution in [0, 0.1) is 23.7 Å². The molecule has 0 aromatic heterocycles.